The summed E-state index contributed by atoms with van der Waals surface area (Å²) in [7, 11) is 3.46. The lowest BCUT2D eigenvalue weighted by atomic mass is 10.1. The number of carbonyl (C=O) groups excluding carboxylic acids is 1. The van der Waals surface area contributed by atoms with Crippen LogP contribution >= 0.6 is 0 Å². The number of halogens is 1. The molecule has 1 aromatic heterocycles. The van der Waals surface area contributed by atoms with Gasteiger partial charge in [-0.05, 0) is 41.8 Å². The molecule has 1 amide bonds. The maximum atomic E-state index is 13.1. The predicted octanol–water partition coefficient (Wildman–Crippen LogP) is 2.27. The third-order valence-electron chi connectivity index (χ3n) is 4.36. The molecule has 1 heterocycles. The molecule has 3 rings (SSSR count). The van der Waals surface area contributed by atoms with Crippen LogP contribution in [0.4, 0.5) is 4.39 Å². The van der Waals surface area contributed by atoms with Crippen molar-refractivity contribution in [3.05, 3.63) is 69.9 Å². The van der Waals surface area contributed by atoms with Gasteiger partial charge in [0.1, 0.15) is 5.82 Å². The van der Waals surface area contributed by atoms with Gasteiger partial charge in [0.05, 0.1) is 11.0 Å². The number of hydrogen-bond donors (Lipinski definition) is 1. The van der Waals surface area contributed by atoms with E-state index in [0.29, 0.717) is 19.4 Å². The van der Waals surface area contributed by atoms with E-state index in [4.69, 9.17) is 0 Å². The fourth-order valence-electron chi connectivity index (χ4n) is 2.90. The summed E-state index contributed by atoms with van der Waals surface area (Å²) in [5, 5.41) is 2.86. The van der Waals surface area contributed by atoms with Gasteiger partial charge in [0.25, 0.3) is 0 Å². The van der Waals surface area contributed by atoms with Crippen LogP contribution in [0, 0.1) is 5.82 Å². The van der Waals surface area contributed by atoms with Crippen molar-refractivity contribution >= 4 is 16.9 Å². The number of nitrogens with zero attached hydrogens (tertiary/aromatic N) is 2. The second-order valence-corrected chi connectivity index (χ2v) is 6.13. The first-order chi connectivity index (χ1) is 12.0. The first-order valence-corrected chi connectivity index (χ1v) is 8.11. The molecule has 2 aromatic carbocycles. The summed E-state index contributed by atoms with van der Waals surface area (Å²) in [5.74, 6) is -0.383. The number of hydrogen-bond acceptors (Lipinski definition) is 2. The van der Waals surface area contributed by atoms with Crippen LogP contribution in [0.25, 0.3) is 11.0 Å². The molecule has 0 saturated heterocycles. The average Bonchev–Trinajstić information content (AvgIpc) is 2.82. The summed E-state index contributed by atoms with van der Waals surface area (Å²) in [6.45, 7) is 0.390. The number of fused-ring (bicyclic) bond motifs is 1. The van der Waals surface area contributed by atoms with E-state index in [1.165, 1.54) is 12.1 Å². The van der Waals surface area contributed by atoms with E-state index in [2.05, 4.69) is 5.32 Å². The summed E-state index contributed by atoms with van der Waals surface area (Å²) in [6, 6.07) is 12.0. The summed E-state index contributed by atoms with van der Waals surface area (Å²) in [5.41, 5.74) is 3.34. The molecule has 0 bridgehead atoms. The van der Waals surface area contributed by atoms with Crippen molar-refractivity contribution in [2.75, 3.05) is 0 Å². The Hall–Kier alpha value is -2.89. The molecular weight excluding hydrogens is 321 g/mol. The second kappa shape index (κ2) is 6.93. The number of amides is 1. The molecule has 0 aliphatic carbocycles. The Morgan fingerprint density at radius 2 is 1.80 bits per heavy atom. The van der Waals surface area contributed by atoms with Crippen LogP contribution in [0.5, 0.6) is 0 Å². The smallest absolute Gasteiger partial charge is 0.328 e. The van der Waals surface area contributed by atoms with E-state index >= 15 is 0 Å². The number of aryl methyl sites for hydroxylation is 3. The standard InChI is InChI=1S/C19H20FN3O2/c1-22-16-8-6-14(11-17(16)23(2)19(22)25)12-21-18(24)9-7-13-4-3-5-15(20)10-13/h3-6,8,10-11H,7,9,12H2,1-2H3,(H,21,24). The Morgan fingerprint density at radius 3 is 2.56 bits per heavy atom. The van der Waals surface area contributed by atoms with E-state index in [0.717, 1.165) is 22.2 Å². The molecule has 3 aromatic rings. The summed E-state index contributed by atoms with van der Waals surface area (Å²) >= 11 is 0. The van der Waals surface area contributed by atoms with Gasteiger partial charge in [-0.25, -0.2) is 9.18 Å². The van der Waals surface area contributed by atoms with Crippen molar-refractivity contribution in [2.24, 2.45) is 14.1 Å². The molecule has 25 heavy (non-hydrogen) atoms. The molecule has 0 radical (unpaired) electrons. The van der Waals surface area contributed by atoms with Gasteiger partial charge in [0.15, 0.2) is 0 Å². The topological polar surface area (TPSA) is 56.0 Å². The molecule has 0 atom stereocenters. The highest BCUT2D eigenvalue weighted by atomic mass is 19.1. The van der Waals surface area contributed by atoms with Crippen LogP contribution in [-0.4, -0.2) is 15.0 Å². The predicted molar refractivity (Wildman–Crippen MR) is 94.7 cm³/mol. The SMILES string of the molecule is Cn1c(=O)n(C)c2cc(CNC(=O)CCc3cccc(F)c3)ccc21. The first kappa shape index (κ1) is 17.0. The number of aromatic nitrogens is 2. The molecule has 5 nitrogen and oxygen atoms in total. The van der Waals surface area contributed by atoms with Gasteiger partial charge in [-0.2, -0.15) is 0 Å². The minimum atomic E-state index is -0.292. The highest BCUT2D eigenvalue weighted by Gasteiger charge is 2.09. The third kappa shape index (κ3) is 3.63. The molecule has 130 valence electrons. The maximum absolute atomic E-state index is 13.1. The van der Waals surface area contributed by atoms with Crippen molar-refractivity contribution < 1.29 is 9.18 Å². The van der Waals surface area contributed by atoms with E-state index in [1.54, 1.807) is 35.4 Å². The molecule has 1 N–H and O–H groups in total. The molecule has 0 aliphatic heterocycles. The van der Waals surface area contributed by atoms with Crippen LogP contribution in [0.3, 0.4) is 0 Å². The van der Waals surface area contributed by atoms with Crippen molar-refractivity contribution in [3.8, 4) is 0 Å². The normalized spacial score (nSPS) is 11.0. The minimum absolute atomic E-state index is 0.0775. The zero-order chi connectivity index (χ0) is 18.0. The van der Waals surface area contributed by atoms with E-state index in [1.807, 2.05) is 18.2 Å². The van der Waals surface area contributed by atoms with Crippen molar-refractivity contribution in [2.45, 2.75) is 19.4 Å². The lowest BCUT2D eigenvalue weighted by Crippen LogP contribution is -2.23. The molecule has 0 saturated carbocycles. The van der Waals surface area contributed by atoms with E-state index in [9.17, 15) is 14.0 Å². The zero-order valence-electron chi connectivity index (χ0n) is 14.3. The molecular formula is C19H20FN3O2. The molecule has 0 fully saturated rings. The van der Waals surface area contributed by atoms with Crippen molar-refractivity contribution in [1.29, 1.82) is 0 Å². The molecule has 0 spiro atoms. The monoisotopic (exact) mass is 341 g/mol. The van der Waals surface area contributed by atoms with Gasteiger partial charge in [-0.3, -0.25) is 13.9 Å². The van der Waals surface area contributed by atoms with Crippen LogP contribution in [0.1, 0.15) is 17.5 Å². The molecule has 0 unspecified atom stereocenters. The lowest BCUT2D eigenvalue weighted by molar-refractivity contribution is -0.121. The summed E-state index contributed by atoms with van der Waals surface area (Å²) in [4.78, 5) is 23.9. The van der Waals surface area contributed by atoms with Crippen molar-refractivity contribution in [1.82, 2.24) is 14.5 Å². The lowest BCUT2D eigenvalue weighted by Gasteiger charge is -2.06. The van der Waals surface area contributed by atoms with Gasteiger partial charge < -0.3 is 5.32 Å². The van der Waals surface area contributed by atoms with Crippen LogP contribution in [-0.2, 0) is 31.9 Å². The Balaban J connectivity index is 1.61. The van der Waals surface area contributed by atoms with Gasteiger partial charge in [-0.1, -0.05) is 18.2 Å². The van der Waals surface area contributed by atoms with Gasteiger partial charge >= 0.3 is 5.69 Å². The van der Waals surface area contributed by atoms with Gasteiger partial charge in [-0.15, -0.1) is 0 Å². The number of rotatable bonds is 5. The number of nitrogens with one attached hydrogen (secondary N) is 1. The summed E-state index contributed by atoms with van der Waals surface area (Å²) < 4.78 is 16.3. The Labute approximate surface area is 144 Å². The number of benzene rings is 2. The minimum Gasteiger partial charge on any atom is -0.352 e. The van der Waals surface area contributed by atoms with Crippen LogP contribution in [0.2, 0.25) is 0 Å². The van der Waals surface area contributed by atoms with Gasteiger partial charge in [0, 0.05) is 27.1 Å². The number of imidazole rings is 1. The summed E-state index contributed by atoms with van der Waals surface area (Å²) in [6.07, 6.45) is 0.797. The molecule has 0 aliphatic rings. The maximum Gasteiger partial charge on any atom is 0.328 e. The quantitative estimate of drug-likeness (QED) is 0.774. The highest BCUT2D eigenvalue weighted by molar-refractivity contribution is 5.78. The average molecular weight is 341 g/mol. The second-order valence-electron chi connectivity index (χ2n) is 6.13. The first-order valence-electron chi connectivity index (χ1n) is 8.11. The largest absolute Gasteiger partial charge is 0.352 e. The number of carbonyl (C=O) groups is 1. The Bertz CT molecular complexity index is 988. The Morgan fingerprint density at radius 1 is 1.04 bits per heavy atom. The van der Waals surface area contributed by atoms with Crippen molar-refractivity contribution in [3.63, 3.8) is 0 Å². The van der Waals surface area contributed by atoms with E-state index in [-0.39, 0.29) is 17.4 Å². The fraction of sp³-hybridized carbons (Fsp3) is 0.263. The molecule has 6 heteroatoms. The third-order valence-corrected chi connectivity index (χ3v) is 4.36. The van der Waals surface area contributed by atoms with Crippen LogP contribution < -0.4 is 11.0 Å². The highest BCUT2D eigenvalue weighted by Crippen LogP contribution is 2.14. The van der Waals surface area contributed by atoms with Crippen LogP contribution in [0.15, 0.2) is 47.3 Å². The zero-order valence-corrected chi connectivity index (χ0v) is 14.3. The van der Waals surface area contributed by atoms with E-state index < -0.39 is 0 Å². The van der Waals surface area contributed by atoms with Gasteiger partial charge in [0.2, 0.25) is 5.91 Å². The Kier molecular flexibility index (Phi) is 4.70. The fourth-order valence-corrected chi connectivity index (χ4v) is 2.90.